The zero-order chi connectivity index (χ0) is 24.3. The van der Waals surface area contributed by atoms with E-state index in [1.54, 1.807) is 47.1 Å². The van der Waals surface area contributed by atoms with E-state index in [9.17, 15) is 19.7 Å². The summed E-state index contributed by atoms with van der Waals surface area (Å²) in [6.07, 6.45) is 0. The van der Waals surface area contributed by atoms with Crippen molar-refractivity contribution < 1.29 is 19.6 Å². The molecule has 2 aromatic carbocycles. The first kappa shape index (κ1) is 25.0. The predicted octanol–water partition coefficient (Wildman–Crippen LogP) is 4.68. The quantitative estimate of drug-likeness (QED) is 0.328. The lowest BCUT2D eigenvalue weighted by Crippen LogP contribution is -2.53. The number of carbonyl (C=O) groups is 2. The molecule has 2 aromatic rings. The SMILES string of the molecule is C=C(C(=O)N1CCN(C(C)C(=O)O)CC1)c1ccc(Sc2ccc(Cl)cc2Cl)c([N+](=O)[O-])c1. The van der Waals surface area contributed by atoms with E-state index in [-0.39, 0.29) is 17.2 Å². The van der Waals surface area contributed by atoms with E-state index in [2.05, 4.69) is 6.58 Å². The highest BCUT2D eigenvalue weighted by molar-refractivity contribution is 7.99. The van der Waals surface area contributed by atoms with Crippen LogP contribution in [0.5, 0.6) is 0 Å². The summed E-state index contributed by atoms with van der Waals surface area (Å²) < 4.78 is 0. The molecule has 1 heterocycles. The second kappa shape index (κ2) is 10.6. The number of aliphatic carboxylic acids is 1. The summed E-state index contributed by atoms with van der Waals surface area (Å²) in [6.45, 7) is 7.00. The highest BCUT2D eigenvalue weighted by atomic mass is 35.5. The van der Waals surface area contributed by atoms with Gasteiger partial charge in [0.05, 0.1) is 14.8 Å². The van der Waals surface area contributed by atoms with Crippen LogP contribution in [0.15, 0.2) is 52.8 Å². The first-order chi connectivity index (χ1) is 15.6. The minimum absolute atomic E-state index is 0.138. The number of nitro groups is 1. The van der Waals surface area contributed by atoms with Crippen LogP contribution in [0.4, 0.5) is 5.69 Å². The maximum atomic E-state index is 12.9. The molecule has 8 nitrogen and oxygen atoms in total. The molecule has 1 saturated heterocycles. The van der Waals surface area contributed by atoms with Gasteiger partial charge in [-0.1, -0.05) is 47.6 Å². The van der Waals surface area contributed by atoms with Gasteiger partial charge in [-0.3, -0.25) is 24.6 Å². The van der Waals surface area contributed by atoms with Crippen molar-refractivity contribution in [2.24, 2.45) is 0 Å². The fourth-order valence-electron chi connectivity index (χ4n) is 3.39. The number of hydrogen-bond acceptors (Lipinski definition) is 6. The van der Waals surface area contributed by atoms with Gasteiger partial charge in [0.1, 0.15) is 6.04 Å². The molecule has 1 aliphatic rings. The summed E-state index contributed by atoms with van der Waals surface area (Å²) in [7, 11) is 0. The normalized spacial score (nSPS) is 15.2. The molecule has 0 radical (unpaired) electrons. The molecule has 1 atom stereocenters. The molecule has 1 aliphatic heterocycles. The number of rotatable bonds is 7. The van der Waals surface area contributed by atoms with Gasteiger partial charge < -0.3 is 10.0 Å². The fourth-order valence-corrected chi connectivity index (χ4v) is 4.82. The van der Waals surface area contributed by atoms with Crippen molar-refractivity contribution in [2.75, 3.05) is 26.2 Å². The van der Waals surface area contributed by atoms with E-state index in [0.29, 0.717) is 51.6 Å². The standard InChI is InChI=1S/C22H21Cl2N3O5S/c1-13(21(28)26-9-7-25(8-10-26)14(2)22(29)30)15-3-5-20(18(11-15)27(31)32)33-19-6-4-16(23)12-17(19)24/h3-6,11-12,14H,1,7-10H2,2H3,(H,29,30). The average Bonchev–Trinajstić information content (AvgIpc) is 2.79. The van der Waals surface area contributed by atoms with Gasteiger partial charge in [-0.15, -0.1) is 0 Å². The van der Waals surface area contributed by atoms with Crippen LogP contribution in [0.3, 0.4) is 0 Å². The Morgan fingerprint density at radius 1 is 1.12 bits per heavy atom. The third-order valence-corrected chi connectivity index (χ3v) is 7.18. The van der Waals surface area contributed by atoms with E-state index in [0.717, 1.165) is 11.8 Å². The number of carboxylic acid groups (broad SMARTS) is 1. The highest BCUT2D eigenvalue weighted by Gasteiger charge is 2.29. The molecule has 0 aliphatic carbocycles. The molecule has 3 rings (SSSR count). The van der Waals surface area contributed by atoms with E-state index >= 15 is 0 Å². The topological polar surface area (TPSA) is 104 Å². The van der Waals surface area contributed by atoms with Crippen LogP contribution in [-0.4, -0.2) is 63.9 Å². The minimum Gasteiger partial charge on any atom is -0.480 e. The molecular formula is C22H21Cl2N3O5S. The lowest BCUT2D eigenvalue weighted by atomic mass is 10.0. The van der Waals surface area contributed by atoms with Crippen LogP contribution in [0.25, 0.3) is 5.57 Å². The fraction of sp³-hybridized carbons (Fsp3) is 0.273. The zero-order valence-corrected chi connectivity index (χ0v) is 20.0. The summed E-state index contributed by atoms with van der Waals surface area (Å²) in [6, 6.07) is 8.76. The second-order valence-electron chi connectivity index (χ2n) is 7.44. The minimum atomic E-state index is -0.913. The van der Waals surface area contributed by atoms with Crippen LogP contribution >= 0.6 is 35.0 Å². The molecule has 1 fully saturated rings. The first-order valence-electron chi connectivity index (χ1n) is 9.95. The van der Waals surface area contributed by atoms with Gasteiger partial charge in [0, 0.05) is 47.7 Å². The number of carbonyl (C=O) groups excluding carboxylic acids is 1. The molecule has 174 valence electrons. The third kappa shape index (κ3) is 5.86. The molecule has 0 saturated carbocycles. The molecule has 1 unspecified atom stereocenters. The van der Waals surface area contributed by atoms with Crippen molar-refractivity contribution >= 4 is 58.1 Å². The number of amides is 1. The number of nitro benzene ring substituents is 1. The van der Waals surface area contributed by atoms with Crippen LogP contribution in [-0.2, 0) is 9.59 Å². The number of halogens is 2. The third-order valence-electron chi connectivity index (χ3n) is 5.38. The van der Waals surface area contributed by atoms with E-state index in [4.69, 9.17) is 28.3 Å². The summed E-state index contributed by atoms with van der Waals surface area (Å²) >= 11 is 13.2. The van der Waals surface area contributed by atoms with E-state index in [1.807, 2.05) is 0 Å². The maximum absolute atomic E-state index is 12.9. The predicted molar refractivity (Wildman–Crippen MR) is 128 cm³/mol. The van der Waals surface area contributed by atoms with Gasteiger partial charge in [0.25, 0.3) is 11.6 Å². The van der Waals surface area contributed by atoms with Gasteiger partial charge in [0.2, 0.25) is 0 Å². The van der Waals surface area contributed by atoms with Gasteiger partial charge in [-0.05, 0) is 36.8 Å². The Labute approximate surface area is 204 Å². The monoisotopic (exact) mass is 509 g/mol. The van der Waals surface area contributed by atoms with Gasteiger partial charge in [-0.2, -0.15) is 0 Å². The molecule has 33 heavy (non-hydrogen) atoms. The molecule has 11 heteroatoms. The molecule has 1 amide bonds. The van der Waals surface area contributed by atoms with Crippen LogP contribution in [0.2, 0.25) is 10.0 Å². The van der Waals surface area contributed by atoms with E-state index < -0.39 is 16.9 Å². The highest BCUT2D eigenvalue weighted by Crippen LogP contribution is 2.40. The Balaban J connectivity index is 1.76. The van der Waals surface area contributed by atoms with Gasteiger partial charge in [-0.25, -0.2) is 0 Å². The number of carboxylic acids is 1. The molecule has 0 aromatic heterocycles. The Morgan fingerprint density at radius 2 is 1.76 bits per heavy atom. The molecular weight excluding hydrogens is 489 g/mol. The first-order valence-corrected chi connectivity index (χ1v) is 11.5. The summed E-state index contributed by atoms with van der Waals surface area (Å²) in [5, 5.41) is 21.7. The number of piperazine rings is 1. The molecule has 1 N–H and O–H groups in total. The number of benzene rings is 2. The van der Waals surface area contributed by atoms with Crippen molar-refractivity contribution in [1.82, 2.24) is 9.80 Å². The smallest absolute Gasteiger partial charge is 0.320 e. The Morgan fingerprint density at radius 3 is 2.33 bits per heavy atom. The van der Waals surface area contributed by atoms with Crippen molar-refractivity contribution in [1.29, 1.82) is 0 Å². The van der Waals surface area contributed by atoms with E-state index in [1.165, 1.54) is 6.07 Å². The number of nitrogens with zero attached hydrogens (tertiary/aromatic N) is 3. The van der Waals surface area contributed by atoms with Crippen LogP contribution < -0.4 is 0 Å². The lowest BCUT2D eigenvalue weighted by molar-refractivity contribution is -0.387. The van der Waals surface area contributed by atoms with Gasteiger partial charge in [0.15, 0.2) is 0 Å². The zero-order valence-electron chi connectivity index (χ0n) is 17.7. The van der Waals surface area contributed by atoms with Crippen molar-refractivity contribution in [3.63, 3.8) is 0 Å². The van der Waals surface area contributed by atoms with Crippen molar-refractivity contribution in [2.45, 2.75) is 22.8 Å². The second-order valence-corrected chi connectivity index (χ2v) is 9.36. The van der Waals surface area contributed by atoms with Gasteiger partial charge >= 0.3 is 5.97 Å². The summed E-state index contributed by atoms with van der Waals surface area (Å²) in [4.78, 5) is 39.6. The van der Waals surface area contributed by atoms with Crippen molar-refractivity contribution in [3.8, 4) is 0 Å². The van der Waals surface area contributed by atoms with Crippen molar-refractivity contribution in [3.05, 3.63) is 68.7 Å². The summed E-state index contributed by atoms with van der Waals surface area (Å²) in [5.41, 5.74) is 0.316. The van der Waals surface area contributed by atoms with Crippen LogP contribution in [0, 0.1) is 10.1 Å². The maximum Gasteiger partial charge on any atom is 0.320 e. The average molecular weight is 510 g/mol. The Kier molecular flexibility index (Phi) is 8.01. The molecule has 0 spiro atoms. The van der Waals surface area contributed by atoms with Crippen LogP contribution in [0.1, 0.15) is 12.5 Å². The lowest BCUT2D eigenvalue weighted by Gasteiger charge is -2.36. The summed E-state index contributed by atoms with van der Waals surface area (Å²) in [5.74, 6) is -1.25. The Bertz CT molecular complexity index is 1120. The number of hydrogen-bond donors (Lipinski definition) is 1. The largest absolute Gasteiger partial charge is 0.480 e. The Hall–Kier alpha value is -2.59. The molecule has 0 bridgehead atoms.